The van der Waals surface area contributed by atoms with Crippen molar-refractivity contribution >= 4 is 40.8 Å². The molecule has 0 aliphatic carbocycles. The molecule has 0 aliphatic heterocycles. The number of nitrogens with one attached hydrogen (secondary N) is 3. The van der Waals surface area contributed by atoms with E-state index in [9.17, 15) is 14.7 Å². The van der Waals surface area contributed by atoms with Gasteiger partial charge >= 0.3 is 0 Å². The summed E-state index contributed by atoms with van der Waals surface area (Å²) in [5.74, 6) is -0.848. The lowest BCUT2D eigenvalue weighted by Crippen LogP contribution is -2.39. The van der Waals surface area contributed by atoms with E-state index in [-0.39, 0.29) is 35.5 Å². The summed E-state index contributed by atoms with van der Waals surface area (Å²) in [6, 6.07) is 11.5. The van der Waals surface area contributed by atoms with E-state index >= 15 is 0 Å². The van der Waals surface area contributed by atoms with Gasteiger partial charge in [0.15, 0.2) is 5.96 Å². The Hall–Kier alpha value is -3.85. The number of nitrogens with two attached hydrogens (primary N) is 1. The molecule has 180 valence electrons. The SMILES string of the molecule is CCCC(=O)Nc1cc(Cl)cc(CN=C(N)NC(=O)/C(C(=N)c2ccc(OC)cc2)=C(\C)O)c1. The molecule has 2 aromatic carbocycles. The lowest BCUT2D eigenvalue weighted by Gasteiger charge is -2.12. The van der Waals surface area contributed by atoms with Crippen molar-refractivity contribution < 1.29 is 19.4 Å². The fourth-order valence-corrected chi connectivity index (χ4v) is 3.28. The molecule has 9 nitrogen and oxygen atoms in total. The highest BCUT2D eigenvalue weighted by atomic mass is 35.5. The van der Waals surface area contributed by atoms with Gasteiger partial charge in [-0.3, -0.25) is 20.3 Å². The lowest BCUT2D eigenvalue weighted by atomic mass is 10.0. The highest BCUT2D eigenvalue weighted by Gasteiger charge is 2.20. The van der Waals surface area contributed by atoms with Crippen molar-refractivity contribution in [3.05, 3.63) is 69.9 Å². The van der Waals surface area contributed by atoms with Gasteiger partial charge in [-0.15, -0.1) is 0 Å². The van der Waals surface area contributed by atoms with Gasteiger partial charge in [-0.05, 0) is 61.4 Å². The predicted octanol–water partition coefficient (Wildman–Crippen LogP) is 3.92. The van der Waals surface area contributed by atoms with Crippen LogP contribution in [0.3, 0.4) is 0 Å². The number of halogens is 1. The van der Waals surface area contributed by atoms with E-state index in [1.807, 2.05) is 6.92 Å². The summed E-state index contributed by atoms with van der Waals surface area (Å²) in [5, 5.41) is 23.9. The molecule has 10 heteroatoms. The number of allylic oxidation sites excluding steroid dienone is 1. The molecule has 0 unspecified atom stereocenters. The Kier molecular flexibility index (Phi) is 9.63. The average molecular weight is 486 g/mol. The van der Waals surface area contributed by atoms with Crippen molar-refractivity contribution in [2.45, 2.75) is 33.2 Å². The third-order valence-corrected chi connectivity index (χ3v) is 4.83. The Morgan fingerprint density at radius 1 is 1.21 bits per heavy atom. The van der Waals surface area contributed by atoms with E-state index < -0.39 is 5.91 Å². The lowest BCUT2D eigenvalue weighted by molar-refractivity contribution is -0.116. The first kappa shape index (κ1) is 26.4. The normalized spacial score (nSPS) is 11.9. The predicted molar refractivity (Wildman–Crippen MR) is 134 cm³/mol. The highest BCUT2D eigenvalue weighted by Crippen LogP contribution is 2.20. The molecule has 34 heavy (non-hydrogen) atoms. The summed E-state index contributed by atoms with van der Waals surface area (Å²) in [5.41, 5.74) is 7.04. The minimum absolute atomic E-state index is 0.0798. The fourth-order valence-electron chi connectivity index (χ4n) is 3.02. The van der Waals surface area contributed by atoms with Crippen LogP contribution in [0.1, 0.15) is 37.8 Å². The van der Waals surface area contributed by atoms with Gasteiger partial charge in [0.2, 0.25) is 5.91 Å². The number of guanidine groups is 1. The van der Waals surface area contributed by atoms with Crippen LogP contribution in [0.4, 0.5) is 5.69 Å². The topological polar surface area (TPSA) is 150 Å². The number of rotatable bonds is 9. The van der Waals surface area contributed by atoms with Crippen molar-refractivity contribution in [2.75, 3.05) is 12.4 Å². The summed E-state index contributed by atoms with van der Waals surface area (Å²) in [6.07, 6.45) is 1.12. The van der Waals surface area contributed by atoms with Crippen LogP contribution in [-0.2, 0) is 16.1 Å². The van der Waals surface area contributed by atoms with Gasteiger partial charge in [-0.1, -0.05) is 18.5 Å². The molecule has 0 bridgehead atoms. The van der Waals surface area contributed by atoms with Crippen molar-refractivity contribution in [3.63, 3.8) is 0 Å². The number of anilines is 1. The largest absolute Gasteiger partial charge is 0.512 e. The number of methoxy groups -OCH3 is 1. The molecule has 0 aromatic heterocycles. The maximum atomic E-state index is 12.7. The number of aliphatic hydroxyl groups is 1. The Balaban J connectivity index is 2.11. The van der Waals surface area contributed by atoms with Gasteiger partial charge in [0.25, 0.3) is 5.91 Å². The molecular formula is C24H28ClN5O4. The maximum absolute atomic E-state index is 12.7. The summed E-state index contributed by atoms with van der Waals surface area (Å²) in [4.78, 5) is 28.7. The van der Waals surface area contributed by atoms with Crippen LogP contribution in [-0.4, -0.2) is 35.7 Å². The molecule has 0 radical (unpaired) electrons. The monoisotopic (exact) mass is 485 g/mol. The molecule has 2 amide bonds. The number of ether oxygens (including phenoxy) is 1. The zero-order valence-corrected chi connectivity index (χ0v) is 20.0. The molecule has 0 heterocycles. The Morgan fingerprint density at radius 3 is 2.47 bits per heavy atom. The summed E-state index contributed by atoms with van der Waals surface area (Å²) >= 11 is 6.13. The van der Waals surface area contributed by atoms with Crippen LogP contribution in [0.2, 0.25) is 5.02 Å². The minimum Gasteiger partial charge on any atom is -0.512 e. The zero-order chi connectivity index (χ0) is 25.3. The molecule has 0 atom stereocenters. The van der Waals surface area contributed by atoms with Crippen LogP contribution >= 0.6 is 11.6 Å². The van der Waals surface area contributed by atoms with Gasteiger partial charge in [0.05, 0.1) is 19.4 Å². The first-order chi connectivity index (χ1) is 16.1. The van der Waals surface area contributed by atoms with E-state index in [2.05, 4.69) is 15.6 Å². The quantitative estimate of drug-likeness (QED) is 0.158. The number of nitrogens with zero attached hydrogens (tertiary/aromatic N) is 1. The van der Waals surface area contributed by atoms with E-state index in [1.165, 1.54) is 14.0 Å². The second-order valence-electron chi connectivity index (χ2n) is 7.37. The summed E-state index contributed by atoms with van der Waals surface area (Å²) in [6.45, 7) is 3.29. The fraction of sp³-hybridized carbons (Fsp3) is 0.250. The second kappa shape index (κ2) is 12.4. The van der Waals surface area contributed by atoms with Crippen molar-refractivity contribution in [2.24, 2.45) is 10.7 Å². The van der Waals surface area contributed by atoms with Crippen LogP contribution in [0.5, 0.6) is 5.75 Å². The third-order valence-electron chi connectivity index (χ3n) is 4.61. The maximum Gasteiger partial charge on any atom is 0.263 e. The van der Waals surface area contributed by atoms with E-state index in [4.69, 9.17) is 27.5 Å². The van der Waals surface area contributed by atoms with Crippen LogP contribution in [0, 0.1) is 5.41 Å². The summed E-state index contributed by atoms with van der Waals surface area (Å²) in [7, 11) is 1.52. The number of hydrogen-bond acceptors (Lipinski definition) is 6. The molecule has 0 saturated heterocycles. The average Bonchev–Trinajstić information content (AvgIpc) is 2.77. The Morgan fingerprint density at radius 2 is 1.88 bits per heavy atom. The standard InChI is InChI=1S/C24H28ClN5O4/c1-4-5-20(32)29-18-11-15(10-17(25)12-18)13-28-24(27)30-23(33)21(14(2)31)22(26)16-6-8-19(34-3)9-7-16/h6-12,26,31H,4-5,13H2,1-3H3,(H,29,32)(H3,27,28,30,33)/b21-14+,26-22?. The zero-order valence-electron chi connectivity index (χ0n) is 19.2. The number of aliphatic hydroxyl groups excluding tert-OH is 1. The molecule has 6 N–H and O–H groups in total. The second-order valence-corrected chi connectivity index (χ2v) is 7.80. The molecule has 0 spiro atoms. The van der Waals surface area contributed by atoms with Crippen molar-refractivity contribution in [1.29, 1.82) is 5.41 Å². The molecule has 0 aliphatic rings. The van der Waals surface area contributed by atoms with E-state index in [0.29, 0.717) is 34.0 Å². The first-order valence-electron chi connectivity index (χ1n) is 10.5. The van der Waals surface area contributed by atoms with Crippen molar-refractivity contribution in [3.8, 4) is 5.75 Å². The Bertz CT molecular complexity index is 1120. The van der Waals surface area contributed by atoms with Gasteiger partial charge in [0.1, 0.15) is 17.1 Å². The molecule has 0 fully saturated rings. The molecular weight excluding hydrogens is 458 g/mol. The van der Waals surface area contributed by atoms with Gasteiger partial charge < -0.3 is 20.9 Å². The number of aliphatic imine (C=N–C) groups is 1. The number of amides is 2. The van der Waals surface area contributed by atoms with E-state index in [1.54, 1.807) is 42.5 Å². The molecule has 2 aromatic rings. The van der Waals surface area contributed by atoms with Gasteiger partial charge in [0, 0.05) is 22.7 Å². The van der Waals surface area contributed by atoms with E-state index in [0.717, 1.165) is 6.42 Å². The first-order valence-corrected chi connectivity index (χ1v) is 10.9. The third kappa shape index (κ3) is 7.63. The smallest absolute Gasteiger partial charge is 0.263 e. The van der Waals surface area contributed by atoms with Crippen molar-refractivity contribution in [1.82, 2.24) is 5.32 Å². The number of carbonyl (C=O) groups excluding carboxylic acids is 2. The van der Waals surface area contributed by atoms with Crippen LogP contribution < -0.4 is 21.1 Å². The number of carbonyl (C=O) groups is 2. The van der Waals surface area contributed by atoms with Gasteiger partial charge in [-0.2, -0.15) is 0 Å². The van der Waals surface area contributed by atoms with Crippen LogP contribution in [0.15, 0.2) is 58.8 Å². The molecule has 0 saturated carbocycles. The number of benzene rings is 2. The molecule has 2 rings (SSSR count). The summed E-state index contributed by atoms with van der Waals surface area (Å²) < 4.78 is 5.09. The minimum atomic E-state index is -0.777. The van der Waals surface area contributed by atoms with Gasteiger partial charge in [-0.25, -0.2) is 4.99 Å². The highest BCUT2D eigenvalue weighted by molar-refractivity contribution is 6.31. The Labute approximate surface area is 203 Å². The number of hydrogen-bond donors (Lipinski definition) is 5. The van der Waals surface area contributed by atoms with Crippen LogP contribution in [0.25, 0.3) is 0 Å².